The summed E-state index contributed by atoms with van der Waals surface area (Å²) in [7, 11) is 3.14. The van der Waals surface area contributed by atoms with Gasteiger partial charge in [-0.05, 0) is 35.2 Å². The molecule has 0 fully saturated rings. The molecule has 2 aromatic rings. The largest absolute Gasteiger partial charge is 0.493 e. The standard InChI is InChI=1S/C24H24N2O4/c1-24(2)12-17(27)22-20(13-24)30-23(26-9-5-6-10-26)16(14-25)21(22)15-7-8-18(28-3)19(11-15)29-4/h5-11,21H,12-13H2,1-4H3/t21-/m0/s1. The summed E-state index contributed by atoms with van der Waals surface area (Å²) in [6.07, 6.45) is 4.71. The highest BCUT2D eigenvalue weighted by Crippen LogP contribution is 2.50. The number of methoxy groups -OCH3 is 2. The molecule has 1 atom stereocenters. The Morgan fingerprint density at radius 3 is 2.47 bits per heavy atom. The third-order valence-electron chi connectivity index (χ3n) is 5.61. The second-order valence-corrected chi connectivity index (χ2v) is 8.35. The number of hydrogen-bond donors (Lipinski definition) is 0. The van der Waals surface area contributed by atoms with Crippen molar-refractivity contribution in [1.29, 1.82) is 5.26 Å². The predicted molar refractivity (Wildman–Crippen MR) is 112 cm³/mol. The van der Waals surface area contributed by atoms with Gasteiger partial charge in [-0.25, -0.2) is 0 Å². The summed E-state index contributed by atoms with van der Waals surface area (Å²) in [6.45, 7) is 4.12. The van der Waals surface area contributed by atoms with Gasteiger partial charge >= 0.3 is 0 Å². The topological polar surface area (TPSA) is 73.5 Å². The van der Waals surface area contributed by atoms with Crippen LogP contribution in [0.3, 0.4) is 0 Å². The van der Waals surface area contributed by atoms with Crippen LogP contribution in [-0.2, 0) is 9.53 Å². The number of rotatable bonds is 4. The van der Waals surface area contributed by atoms with E-state index in [1.54, 1.807) is 24.9 Å². The molecular weight excluding hydrogens is 380 g/mol. The summed E-state index contributed by atoms with van der Waals surface area (Å²) >= 11 is 0. The van der Waals surface area contributed by atoms with Gasteiger partial charge in [-0.3, -0.25) is 9.36 Å². The molecular formula is C24H24N2O4. The molecule has 4 rings (SSSR count). The lowest BCUT2D eigenvalue weighted by molar-refractivity contribution is -0.118. The van der Waals surface area contributed by atoms with Gasteiger partial charge in [0.15, 0.2) is 17.3 Å². The Kier molecular flexibility index (Phi) is 4.90. The van der Waals surface area contributed by atoms with Crippen molar-refractivity contribution in [3.63, 3.8) is 0 Å². The van der Waals surface area contributed by atoms with Crippen LogP contribution >= 0.6 is 0 Å². The van der Waals surface area contributed by atoms with Gasteiger partial charge in [0.05, 0.1) is 20.1 Å². The first kappa shape index (κ1) is 19.8. The van der Waals surface area contributed by atoms with Gasteiger partial charge in [-0.15, -0.1) is 0 Å². The lowest BCUT2D eigenvalue weighted by Crippen LogP contribution is -2.32. The Balaban J connectivity index is 1.95. The molecule has 154 valence electrons. The molecule has 0 amide bonds. The van der Waals surface area contributed by atoms with Crippen LogP contribution in [0.1, 0.15) is 38.2 Å². The number of nitrogens with zero attached hydrogens (tertiary/aromatic N) is 2. The molecule has 0 saturated carbocycles. The van der Waals surface area contributed by atoms with E-state index in [1.807, 2.05) is 36.7 Å². The number of allylic oxidation sites excluding steroid dienone is 3. The van der Waals surface area contributed by atoms with Gasteiger partial charge < -0.3 is 14.2 Å². The molecule has 0 unspecified atom stereocenters. The Morgan fingerprint density at radius 2 is 1.83 bits per heavy atom. The zero-order chi connectivity index (χ0) is 21.5. The normalized spacial score (nSPS) is 20.4. The summed E-state index contributed by atoms with van der Waals surface area (Å²) in [5.41, 5.74) is 1.54. The number of Topliss-reactive ketones (excluding diaryl/α,β-unsaturated/α-hetero) is 1. The summed E-state index contributed by atoms with van der Waals surface area (Å²) in [4.78, 5) is 13.2. The lowest BCUT2D eigenvalue weighted by Gasteiger charge is -2.38. The second kappa shape index (κ2) is 7.42. The first-order valence-corrected chi connectivity index (χ1v) is 9.82. The summed E-state index contributed by atoms with van der Waals surface area (Å²) in [5.74, 6) is 1.70. The molecule has 1 aromatic carbocycles. The maximum Gasteiger partial charge on any atom is 0.218 e. The average Bonchev–Trinajstić information content (AvgIpc) is 3.25. The van der Waals surface area contributed by atoms with Gasteiger partial charge in [0.1, 0.15) is 17.4 Å². The molecule has 0 saturated heterocycles. The van der Waals surface area contributed by atoms with Crippen LogP contribution in [0.4, 0.5) is 0 Å². The molecule has 30 heavy (non-hydrogen) atoms. The Bertz CT molecular complexity index is 1100. The van der Waals surface area contributed by atoms with E-state index >= 15 is 0 Å². The number of benzene rings is 1. The van der Waals surface area contributed by atoms with Gasteiger partial charge in [0.25, 0.3) is 0 Å². The fourth-order valence-electron chi connectivity index (χ4n) is 4.27. The van der Waals surface area contributed by atoms with Crippen molar-refractivity contribution in [2.24, 2.45) is 5.41 Å². The van der Waals surface area contributed by atoms with Crippen LogP contribution < -0.4 is 9.47 Å². The molecule has 0 spiro atoms. The third-order valence-corrected chi connectivity index (χ3v) is 5.61. The average molecular weight is 404 g/mol. The van der Waals surface area contributed by atoms with Crippen LogP contribution in [0.25, 0.3) is 5.88 Å². The summed E-state index contributed by atoms with van der Waals surface area (Å²) < 4.78 is 18.8. The third kappa shape index (κ3) is 3.26. The number of nitriles is 1. The van der Waals surface area contributed by atoms with E-state index in [2.05, 4.69) is 19.9 Å². The maximum atomic E-state index is 13.2. The Hall–Kier alpha value is -3.46. The molecule has 0 bridgehead atoms. The van der Waals surface area contributed by atoms with Crippen molar-refractivity contribution >= 4 is 11.7 Å². The molecule has 6 nitrogen and oxygen atoms in total. The van der Waals surface area contributed by atoms with Crippen LogP contribution in [0.5, 0.6) is 11.5 Å². The number of carbonyl (C=O) groups excluding carboxylic acids is 1. The fraction of sp³-hybridized carbons (Fsp3) is 0.333. The van der Waals surface area contributed by atoms with Crippen LogP contribution in [0.2, 0.25) is 0 Å². The Morgan fingerprint density at radius 1 is 1.13 bits per heavy atom. The second-order valence-electron chi connectivity index (χ2n) is 8.35. The van der Waals surface area contributed by atoms with Crippen molar-refractivity contribution in [1.82, 2.24) is 4.57 Å². The minimum absolute atomic E-state index is 0.0142. The highest BCUT2D eigenvalue weighted by Gasteiger charge is 2.43. The molecule has 0 N–H and O–H groups in total. The SMILES string of the molecule is COc1ccc([C@H]2C(C#N)=C(n3cccc3)OC3=C2C(=O)CC(C)(C)C3)cc1OC. The van der Waals surface area contributed by atoms with E-state index < -0.39 is 5.92 Å². The number of aromatic nitrogens is 1. The highest BCUT2D eigenvalue weighted by atomic mass is 16.5. The Labute approximate surface area is 176 Å². The van der Waals surface area contributed by atoms with Crippen molar-refractivity contribution in [3.8, 4) is 17.6 Å². The van der Waals surface area contributed by atoms with E-state index in [9.17, 15) is 10.1 Å². The molecule has 1 aliphatic carbocycles. The minimum atomic E-state index is -0.528. The highest BCUT2D eigenvalue weighted by molar-refractivity contribution is 6.00. The maximum absolute atomic E-state index is 13.2. The van der Waals surface area contributed by atoms with Crippen molar-refractivity contribution in [2.75, 3.05) is 14.2 Å². The predicted octanol–water partition coefficient (Wildman–Crippen LogP) is 4.65. The zero-order valence-electron chi connectivity index (χ0n) is 17.6. The zero-order valence-corrected chi connectivity index (χ0v) is 17.6. The van der Waals surface area contributed by atoms with Crippen molar-refractivity contribution in [2.45, 2.75) is 32.6 Å². The van der Waals surface area contributed by atoms with Gasteiger partial charge in [0.2, 0.25) is 5.88 Å². The minimum Gasteiger partial charge on any atom is -0.493 e. The van der Waals surface area contributed by atoms with Gasteiger partial charge in [-0.2, -0.15) is 5.26 Å². The molecule has 2 heterocycles. The van der Waals surface area contributed by atoms with E-state index in [4.69, 9.17) is 14.2 Å². The van der Waals surface area contributed by atoms with Crippen LogP contribution in [0.15, 0.2) is 59.6 Å². The van der Waals surface area contributed by atoms with E-state index in [0.29, 0.717) is 47.1 Å². The monoisotopic (exact) mass is 404 g/mol. The smallest absolute Gasteiger partial charge is 0.218 e. The van der Waals surface area contributed by atoms with Gasteiger partial charge in [0, 0.05) is 30.8 Å². The molecule has 1 aromatic heterocycles. The summed E-state index contributed by atoms with van der Waals surface area (Å²) in [6, 6.07) is 11.6. The number of ether oxygens (including phenoxy) is 3. The van der Waals surface area contributed by atoms with Crippen LogP contribution in [0, 0.1) is 16.7 Å². The molecule has 0 radical (unpaired) electrons. The molecule has 6 heteroatoms. The number of hydrogen-bond acceptors (Lipinski definition) is 5. The van der Waals surface area contributed by atoms with Crippen molar-refractivity contribution < 1.29 is 19.0 Å². The first-order valence-electron chi connectivity index (χ1n) is 9.82. The number of carbonyl (C=O) groups is 1. The lowest BCUT2D eigenvalue weighted by atomic mass is 9.70. The van der Waals surface area contributed by atoms with Gasteiger partial charge in [-0.1, -0.05) is 19.9 Å². The quantitative estimate of drug-likeness (QED) is 0.741. The first-order chi connectivity index (χ1) is 14.4. The fourth-order valence-corrected chi connectivity index (χ4v) is 4.27. The van der Waals surface area contributed by atoms with E-state index in [-0.39, 0.29) is 11.2 Å². The molecule has 2 aliphatic rings. The van der Waals surface area contributed by atoms with Crippen LogP contribution in [-0.4, -0.2) is 24.6 Å². The summed E-state index contributed by atoms with van der Waals surface area (Å²) in [5, 5.41) is 10.1. The van der Waals surface area contributed by atoms with Crippen molar-refractivity contribution in [3.05, 3.63) is 65.2 Å². The van der Waals surface area contributed by atoms with E-state index in [1.165, 1.54) is 0 Å². The number of ketones is 1. The van der Waals surface area contributed by atoms with E-state index in [0.717, 1.165) is 5.56 Å². The molecule has 1 aliphatic heterocycles.